The van der Waals surface area contributed by atoms with Crippen LogP contribution in [0.25, 0.3) is 27.6 Å². The summed E-state index contributed by atoms with van der Waals surface area (Å²) in [6.07, 6.45) is -1.52. The molecule has 3 heterocycles. The third-order valence-corrected chi connectivity index (χ3v) is 6.68. The molecule has 4 aromatic rings. The Balaban J connectivity index is 1.59. The molecule has 1 aliphatic heterocycles. The van der Waals surface area contributed by atoms with Crippen molar-refractivity contribution in [2.24, 2.45) is 7.05 Å². The molecule has 1 N–H and O–H groups in total. The number of benzene rings is 2. The first kappa shape index (κ1) is 23.4. The maximum Gasteiger partial charge on any atom is 0.416 e. The minimum absolute atomic E-state index is 0.0177. The molecular weight excluding hydrogens is 461 g/mol. The number of hydrogen-bond acceptors (Lipinski definition) is 4. The van der Waals surface area contributed by atoms with Gasteiger partial charge in [-0.3, -0.25) is 14.0 Å². The van der Waals surface area contributed by atoms with Gasteiger partial charge < -0.3 is 14.7 Å². The molecule has 2 aromatic carbocycles. The van der Waals surface area contributed by atoms with E-state index in [-0.39, 0.29) is 24.7 Å². The molecule has 0 unspecified atom stereocenters. The maximum atomic E-state index is 13.4. The van der Waals surface area contributed by atoms with Crippen LogP contribution < -0.4 is 0 Å². The van der Waals surface area contributed by atoms with Gasteiger partial charge in [-0.05, 0) is 55.3 Å². The van der Waals surface area contributed by atoms with Crippen molar-refractivity contribution in [3.05, 3.63) is 59.8 Å². The molecule has 0 saturated carbocycles. The van der Waals surface area contributed by atoms with Gasteiger partial charge in [0.2, 0.25) is 0 Å². The number of nitrogens with zero attached hydrogens (tertiary/aromatic N) is 4. The van der Waals surface area contributed by atoms with Crippen LogP contribution in [0.5, 0.6) is 0 Å². The first-order valence-electron chi connectivity index (χ1n) is 11.3. The zero-order chi connectivity index (χ0) is 24.9. The Morgan fingerprint density at radius 2 is 1.91 bits per heavy atom. The quantitative estimate of drug-likeness (QED) is 0.460. The Labute approximate surface area is 199 Å². The van der Waals surface area contributed by atoms with Crippen LogP contribution in [0, 0.1) is 0 Å². The summed E-state index contributed by atoms with van der Waals surface area (Å²) < 4.78 is 48.1. The smallest absolute Gasteiger partial charge is 0.396 e. The summed E-state index contributed by atoms with van der Waals surface area (Å²) in [5.41, 5.74) is 1.64. The lowest BCUT2D eigenvalue weighted by molar-refractivity contribution is -0.137. The molecule has 5 rings (SSSR count). The van der Waals surface area contributed by atoms with Crippen LogP contribution in [-0.4, -0.2) is 62.7 Å². The number of aliphatic hydroxyl groups is 1. The molecule has 2 aromatic heterocycles. The van der Waals surface area contributed by atoms with E-state index in [1.54, 1.807) is 46.5 Å². The Hall–Kier alpha value is -3.37. The fourth-order valence-electron chi connectivity index (χ4n) is 4.97. The minimum atomic E-state index is -4.42. The summed E-state index contributed by atoms with van der Waals surface area (Å²) in [4.78, 5) is 15.2. The van der Waals surface area contributed by atoms with Crippen molar-refractivity contribution in [2.45, 2.75) is 31.2 Å². The Morgan fingerprint density at radius 3 is 2.57 bits per heavy atom. The van der Waals surface area contributed by atoms with Gasteiger partial charge in [-0.2, -0.15) is 18.3 Å². The lowest BCUT2D eigenvalue weighted by Gasteiger charge is -2.24. The highest BCUT2D eigenvalue weighted by atomic mass is 19.4. The van der Waals surface area contributed by atoms with E-state index < -0.39 is 11.7 Å². The molecule has 0 bridgehead atoms. The first-order valence-corrected chi connectivity index (χ1v) is 11.3. The van der Waals surface area contributed by atoms with Crippen molar-refractivity contribution in [3.8, 4) is 5.69 Å². The van der Waals surface area contributed by atoms with E-state index in [0.29, 0.717) is 36.3 Å². The molecule has 1 fully saturated rings. The number of aromatic nitrogens is 3. The fourth-order valence-corrected chi connectivity index (χ4v) is 4.97. The summed E-state index contributed by atoms with van der Waals surface area (Å²) in [7, 11) is 3.39. The summed E-state index contributed by atoms with van der Waals surface area (Å²) in [6, 6.07) is 10.2. The van der Waals surface area contributed by atoms with Gasteiger partial charge in [0.25, 0.3) is 5.91 Å². The zero-order valence-corrected chi connectivity index (χ0v) is 19.3. The molecule has 1 amide bonds. The maximum absolute atomic E-state index is 13.4. The molecular formula is C25H25F3N4O3. The largest absolute Gasteiger partial charge is 0.416 e. The van der Waals surface area contributed by atoms with Crippen molar-refractivity contribution in [2.75, 3.05) is 20.3 Å². The number of halogens is 3. The van der Waals surface area contributed by atoms with Crippen LogP contribution in [0.3, 0.4) is 0 Å². The van der Waals surface area contributed by atoms with E-state index >= 15 is 0 Å². The zero-order valence-electron chi connectivity index (χ0n) is 19.3. The second kappa shape index (κ2) is 8.69. The predicted octanol–water partition coefficient (Wildman–Crippen LogP) is 4.15. The topological polar surface area (TPSA) is 72.5 Å². The van der Waals surface area contributed by atoms with Gasteiger partial charge in [-0.1, -0.05) is 0 Å². The van der Waals surface area contributed by atoms with E-state index in [0.717, 1.165) is 28.4 Å². The number of carbonyl (C=O) groups excluding carboxylic acids is 1. The molecule has 0 spiro atoms. The number of carbonyl (C=O) groups is 1. The monoisotopic (exact) mass is 486 g/mol. The highest BCUT2D eigenvalue weighted by Gasteiger charge is 2.35. The van der Waals surface area contributed by atoms with E-state index in [2.05, 4.69) is 5.10 Å². The third kappa shape index (κ3) is 4.06. The van der Waals surface area contributed by atoms with Gasteiger partial charge in [0.15, 0.2) is 5.65 Å². The molecule has 10 heteroatoms. The molecule has 0 radical (unpaired) electrons. The molecule has 2 atom stereocenters. The Bertz CT molecular complexity index is 1390. The van der Waals surface area contributed by atoms with Crippen LogP contribution in [0.4, 0.5) is 13.2 Å². The SMILES string of the molecule is CO[C@H]1C[C@@H](CCO)N(C(=O)c2ccc3c(c2)c2cn(C)nc2n3-c2ccc(C(F)(F)F)cc2)C1. The van der Waals surface area contributed by atoms with Crippen molar-refractivity contribution in [1.29, 1.82) is 0 Å². The van der Waals surface area contributed by atoms with Crippen LogP contribution in [0.1, 0.15) is 28.8 Å². The number of rotatable bonds is 5. The molecule has 1 saturated heterocycles. The molecule has 0 aliphatic carbocycles. The van der Waals surface area contributed by atoms with Gasteiger partial charge in [0.05, 0.1) is 17.2 Å². The summed E-state index contributed by atoms with van der Waals surface area (Å²) in [5, 5.41) is 15.5. The van der Waals surface area contributed by atoms with Crippen LogP contribution in [-0.2, 0) is 18.0 Å². The summed E-state index contributed by atoms with van der Waals surface area (Å²) >= 11 is 0. The van der Waals surface area contributed by atoms with Gasteiger partial charge in [0.1, 0.15) is 0 Å². The minimum Gasteiger partial charge on any atom is -0.396 e. The van der Waals surface area contributed by atoms with E-state index in [9.17, 15) is 23.1 Å². The molecule has 1 aliphatic rings. The standard InChI is InChI=1S/C25H25F3N4O3/c1-30-14-21-20-11-15(24(34)31-13-19(35-2)12-18(31)9-10-33)3-8-22(20)32(23(21)29-30)17-6-4-16(5-7-17)25(26,27)28/h3-8,11,14,18-19,33H,9-10,12-13H2,1-2H3/t18-,19+/m1/s1. The number of amides is 1. The molecule has 35 heavy (non-hydrogen) atoms. The second-order valence-electron chi connectivity index (χ2n) is 8.87. The lowest BCUT2D eigenvalue weighted by atomic mass is 10.1. The number of ether oxygens (including phenoxy) is 1. The van der Waals surface area contributed by atoms with E-state index in [4.69, 9.17) is 4.74 Å². The number of aryl methyl sites for hydroxylation is 1. The number of fused-ring (bicyclic) bond motifs is 3. The van der Waals surface area contributed by atoms with Crippen molar-refractivity contribution in [3.63, 3.8) is 0 Å². The van der Waals surface area contributed by atoms with Gasteiger partial charge in [0, 0.05) is 61.6 Å². The fraction of sp³-hybridized carbons (Fsp3) is 0.360. The highest BCUT2D eigenvalue weighted by molar-refractivity contribution is 6.10. The summed E-state index contributed by atoms with van der Waals surface area (Å²) in [5.74, 6) is -0.149. The number of methoxy groups -OCH3 is 1. The molecule has 184 valence electrons. The van der Waals surface area contributed by atoms with Crippen LogP contribution in [0.15, 0.2) is 48.7 Å². The van der Waals surface area contributed by atoms with Crippen LogP contribution >= 0.6 is 0 Å². The lowest BCUT2D eigenvalue weighted by Crippen LogP contribution is -2.36. The van der Waals surface area contributed by atoms with Crippen molar-refractivity contribution < 1.29 is 27.8 Å². The van der Waals surface area contributed by atoms with Gasteiger partial charge >= 0.3 is 6.18 Å². The predicted molar refractivity (Wildman–Crippen MR) is 124 cm³/mol. The Kier molecular flexibility index (Phi) is 5.80. The van der Waals surface area contributed by atoms with Crippen molar-refractivity contribution in [1.82, 2.24) is 19.2 Å². The normalized spacial score (nSPS) is 18.7. The second-order valence-corrected chi connectivity index (χ2v) is 8.87. The molecule has 7 nitrogen and oxygen atoms in total. The van der Waals surface area contributed by atoms with Crippen LogP contribution in [0.2, 0.25) is 0 Å². The summed E-state index contributed by atoms with van der Waals surface area (Å²) in [6.45, 7) is 0.434. The van der Waals surface area contributed by atoms with Crippen molar-refractivity contribution >= 4 is 27.8 Å². The van der Waals surface area contributed by atoms with Gasteiger partial charge in [-0.25, -0.2) is 0 Å². The number of likely N-dealkylation sites (tertiary alicyclic amines) is 1. The van der Waals surface area contributed by atoms with Gasteiger partial charge in [-0.15, -0.1) is 0 Å². The average Bonchev–Trinajstić information content (AvgIpc) is 3.49. The highest BCUT2D eigenvalue weighted by Crippen LogP contribution is 2.35. The van der Waals surface area contributed by atoms with E-state index in [1.165, 1.54) is 12.1 Å². The first-order chi connectivity index (χ1) is 16.7. The number of alkyl halides is 3. The third-order valence-electron chi connectivity index (χ3n) is 6.68. The number of aliphatic hydroxyl groups excluding tert-OH is 1. The van der Waals surface area contributed by atoms with E-state index in [1.807, 2.05) is 6.20 Å². The Morgan fingerprint density at radius 1 is 1.17 bits per heavy atom. The number of hydrogen-bond donors (Lipinski definition) is 1. The average molecular weight is 486 g/mol.